The summed E-state index contributed by atoms with van der Waals surface area (Å²) < 4.78 is 4.16. The van der Waals surface area contributed by atoms with Gasteiger partial charge in [-0.3, -0.25) is 4.79 Å². The number of hydrogen-bond donors (Lipinski definition) is 0. The molecule has 5 rings (SSSR count). The van der Waals surface area contributed by atoms with Gasteiger partial charge < -0.3 is 9.47 Å². The lowest BCUT2D eigenvalue weighted by Gasteiger charge is -2.26. The molecule has 1 atom stereocenters. The molecule has 0 aliphatic carbocycles. The Balaban J connectivity index is 1.53. The van der Waals surface area contributed by atoms with Crippen LogP contribution in [0.4, 0.5) is 0 Å². The van der Waals surface area contributed by atoms with Gasteiger partial charge in [0.1, 0.15) is 5.82 Å². The van der Waals surface area contributed by atoms with Gasteiger partial charge in [-0.15, -0.1) is 0 Å². The van der Waals surface area contributed by atoms with Crippen LogP contribution in [0.5, 0.6) is 0 Å². The molecular weight excluding hydrogens is 398 g/mol. The highest BCUT2D eigenvalue weighted by atomic mass is 16.2. The van der Waals surface area contributed by atoms with Crippen LogP contribution in [0.1, 0.15) is 66.2 Å². The number of imidazole rings is 1. The van der Waals surface area contributed by atoms with Gasteiger partial charge in [-0.1, -0.05) is 30.3 Å². The van der Waals surface area contributed by atoms with E-state index in [-0.39, 0.29) is 18.0 Å². The monoisotopic (exact) mass is 427 g/mol. The van der Waals surface area contributed by atoms with Crippen molar-refractivity contribution in [2.45, 2.75) is 52.6 Å². The van der Waals surface area contributed by atoms with Crippen LogP contribution in [-0.2, 0) is 0 Å². The number of amides is 1. The summed E-state index contributed by atoms with van der Waals surface area (Å²) in [7, 11) is 0. The highest BCUT2D eigenvalue weighted by molar-refractivity contribution is 5.95. The molecule has 6 heteroatoms. The van der Waals surface area contributed by atoms with Gasteiger partial charge in [-0.05, 0) is 64.3 Å². The third-order valence-corrected chi connectivity index (χ3v) is 6.54. The standard InChI is InChI=1S/C26H29N5O/c1-17(2)30-23-13-8-6-11-21(23)28-25(30)24-14-9-15-29(24)26(32)20-16-27-31(19(20)4)22-12-7-5-10-18(22)3/h5-8,10-13,16-17,24H,9,14-15H2,1-4H3/t24-/m0/s1. The number of benzene rings is 2. The molecule has 1 saturated heterocycles. The van der Waals surface area contributed by atoms with Crippen molar-refractivity contribution >= 4 is 16.9 Å². The maximum Gasteiger partial charge on any atom is 0.257 e. The lowest BCUT2D eigenvalue weighted by Crippen LogP contribution is -2.32. The molecule has 6 nitrogen and oxygen atoms in total. The van der Waals surface area contributed by atoms with Gasteiger partial charge in [-0.25, -0.2) is 9.67 Å². The Morgan fingerprint density at radius 1 is 1.06 bits per heavy atom. The number of para-hydroxylation sites is 3. The fourth-order valence-corrected chi connectivity index (χ4v) is 4.94. The second kappa shape index (κ2) is 7.93. The first-order valence-electron chi connectivity index (χ1n) is 11.4. The van der Waals surface area contributed by atoms with Crippen LogP contribution >= 0.6 is 0 Å². The van der Waals surface area contributed by atoms with Crippen LogP contribution < -0.4 is 0 Å². The van der Waals surface area contributed by atoms with Crippen LogP contribution in [0.3, 0.4) is 0 Å². The van der Waals surface area contributed by atoms with Crippen molar-refractivity contribution in [1.29, 1.82) is 0 Å². The quantitative estimate of drug-likeness (QED) is 0.438. The van der Waals surface area contributed by atoms with Crippen molar-refractivity contribution in [1.82, 2.24) is 24.2 Å². The summed E-state index contributed by atoms with van der Waals surface area (Å²) in [5.74, 6) is 1.02. The zero-order valence-electron chi connectivity index (χ0n) is 19.1. The van der Waals surface area contributed by atoms with Crippen LogP contribution in [0.2, 0.25) is 0 Å². The summed E-state index contributed by atoms with van der Waals surface area (Å²) in [5.41, 5.74) is 5.77. The molecule has 2 aromatic heterocycles. The Bertz CT molecular complexity index is 1300. The van der Waals surface area contributed by atoms with Gasteiger partial charge in [0.2, 0.25) is 0 Å². The third kappa shape index (κ3) is 3.22. The molecule has 32 heavy (non-hydrogen) atoms. The van der Waals surface area contributed by atoms with Crippen molar-refractivity contribution < 1.29 is 4.79 Å². The molecule has 0 N–H and O–H groups in total. The van der Waals surface area contributed by atoms with E-state index in [0.717, 1.165) is 53.2 Å². The van der Waals surface area contributed by atoms with Crippen molar-refractivity contribution in [2.24, 2.45) is 0 Å². The average molecular weight is 428 g/mol. The van der Waals surface area contributed by atoms with E-state index in [4.69, 9.17) is 4.98 Å². The number of hydrogen-bond acceptors (Lipinski definition) is 3. The van der Waals surface area contributed by atoms with E-state index in [1.807, 2.05) is 46.8 Å². The Morgan fingerprint density at radius 2 is 1.81 bits per heavy atom. The maximum absolute atomic E-state index is 13.7. The van der Waals surface area contributed by atoms with E-state index in [1.54, 1.807) is 6.20 Å². The lowest BCUT2D eigenvalue weighted by molar-refractivity contribution is 0.0726. The SMILES string of the molecule is Cc1ccccc1-n1ncc(C(=O)N2CCC[C@H]2c2nc3ccccc3n2C(C)C)c1C. The number of likely N-dealkylation sites (tertiary alicyclic amines) is 1. The molecule has 1 aliphatic heterocycles. The minimum Gasteiger partial charge on any atom is -0.328 e. The Kier molecular flexibility index (Phi) is 5.08. The number of rotatable bonds is 4. The molecular formula is C26H29N5O. The number of carbonyl (C=O) groups is 1. The molecule has 164 valence electrons. The van der Waals surface area contributed by atoms with E-state index in [9.17, 15) is 4.79 Å². The van der Waals surface area contributed by atoms with Crippen LogP contribution in [0.15, 0.2) is 54.7 Å². The number of aryl methyl sites for hydroxylation is 1. The lowest BCUT2D eigenvalue weighted by atomic mass is 10.1. The first-order valence-corrected chi connectivity index (χ1v) is 11.4. The van der Waals surface area contributed by atoms with Crippen molar-refractivity contribution in [3.8, 4) is 5.69 Å². The normalized spacial score (nSPS) is 16.4. The summed E-state index contributed by atoms with van der Waals surface area (Å²) in [5, 5.41) is 4.57. The predicted octanol–water partition coefficient (Wildman–Crippen LogP) is 5.40. The zero-order chi connectivity index (χ0) is 22.4. The van der Waals surface area contributed by atoms with Crippen LogP contribution in [0.25, 0.3) is 16.7 Å². The van der Waals surface area contributed by atoms with E-state index in [1.165, 1.54) is 0 Å². The van der Waals surface area contributed by atoms with Crippen molar-refractivity contribution in [3.05, 3.63) is 77.4 Å². The Labute approximate surface area is 188 Å². The molecule has 0 saturated carbocycles. The zero-order valence-corrected chi connectivity index (χ0v) is 19.1. The molecule has 1 fully saturated rings. The molecule has 4 aromatic rings. The number of aromatic nitrogens is 4. The van der Waals surface area contributed by atoms with Crippen LogP contribution in [-0.4, -0.2) is 36.7 Å². The summed E-state index contributed by atoms with van der Waals surface area (Å²) in [6, 6.07) is 16.6. The molecule has 0 spiro atoms. The summed E-state index contributed by atoms with van der Waals surface area (Å²) in [4.78, 5) is 20.7. The minimum atomic E-state index is -0.0292. The Hall–Kier alpha value is -3.41. The summed E-state index contributed by atoms with van der Waals surface area (Å²) in [6.45, 7) is 9.12. The van der Waals surface area contributed by atoms with Crippen LogP contribution in [0, 0.1) is 13.8 Å². The molecule has 2 aromatic carbocycles. The number of nitrogens with zero attached hydrogens (tertiary/aromatic N) is 5. The first-order chi connectivity index (χ1) is 15.5. The smallest absolute Gasteiger partial charge is 0.257 e. The van der Waals surface area contributed by atoms with Gasteiger partial charge in [0.05, 0.1) is 40.2 Å². The largest absolute Gasteiger partial charge is 0.328 e. The number of fused-ring (bicyclic) bond motifs is 1. The van der Waals surface area contributed by atoms with Gasteiger partial charge >= 0.3 is 0 Å². The van der Waals surface area contributed by atoms with Crippen molar-refractivity contribution in [2.75, 3.05) is 6.54 Å². The van der Waals surface area contributed by atoms with Gasteiger partial charge in [-0.2, -0.15) is 5.10 Å². The molecule has 0 unspecified atom stereocenters. The topological polar surface area (TPSA) is 56.0 Å². The van der Waals surface area contributed by atoms with Gasteiger partial charge in [0.25, 0.3) is 5.91 Å². The Morgan fingerprint density at radius 3 is 2.59 bits per heavy atom. The molecule has 0 radical (unpaired) electrons. The fourth-order valence-electron chi connectivity index (χ4n) is 4.94. The second-order valence-electron chi connectivity index (χ2n) is 8.92. The average Bonchev–Trinajstić information content (AvgIpc) is 3.50. The summed E-state index contributed by atoms with van der Waals surface area (Å²) in [6.07, 6.45) is 3.61. The van der Waals surface area contributed by atoms with E-state index < -0.39 is 0 Å². The van der Waals surface area contributed by atoms with E-state index >= 15 is 0 Å². The molecule has 1 amide bonds. The second-order valence-corrected chi connectivity index (χ2v) is 8.92. The van der Waals surface area contributed by atoms with Gasteiger partial charge in [0.15, 0.2) is 0 Å². The highest BCUT2D eigenvalue weighted by Gasteiger charge is 2.36. The minimum absolute atomic E-state index is 0.0292. The van der Waals surface area contributed by atoms with Crippen molar-refractivity contribution in [3.63, 3.8) is 0 Å². The molecule has 1 aliphatic rings. The maximum atomic E-state index is 13.7. The van der Waals surface area contributed by atoms with E-state index in [0.29, 0.717) is 5.56 Å². The molecule has 3 heterocycles. The van der Waals surface area contributed by atoms with Gasteiger partial charge in [0, 0.05) is 12.6 Å². The first kappa shape index (κ1) is 20.5. The number of carbonyl (C=O) groups excluding carboxylic acids is 1. The third-order valence-electron chi connectivity index (χ3n) is 6.54. The highest BCUT2D eigenvalue weighted by Crippen LogP contribution is 2.36. The molecule has 0 bridgehead atoms. The van der Waals surface area contributed by atoms with E-state index in [2.05, 4.69) is 48.6 Å². The fraction of sp³-hybridized carbons (Fsp3) is 0.346. The predicted molar refractivity (Wildman–Crippen MR) is 126 cm³/mol. The summed E-state index contributed by atoms with van der Waals surface area (Å²) >= 11 is 0.